The van der Waals surface area contributed by atoms with Crippen LogP contribution in [-0.2, 0) is 14.4 Å². The Morgan fingerprint density at radius 3 is 3.15 bits per heavy atom. The normalized spacial score (nSPS) is 25.6. The fourth-order valence-corrected chi connectivity index (χ4v) is 4.08. The first-order valence-corrected chi connectivity index (χ1v) is 9.55. The molecular formula is C21H27FN2O3. The quantitative estimate of drug-likeness (QED) is 0.541. The number of ether oxygens (including phenoxy) is 1. The molecule has 2 heterocycles. The topological polar surface area (TPSA) is 51.1 Å². The van der Waals surface area contributed by atoms with Crippen LogP contribution >= 0.6 is 0 Å². The van der Waals surface area contributed by atoms with Gasteiger partial charge in [-0.3, -0.25) is 9.69 Å². The zero-order valence-electron chi connectivity index (χ0n) is 15.8. The van der Waals surface area contributed by atoms with Crippen molar-refractivity contribution in [2.75, 3.05) is 26.2 Å². The largest absolute Gasteiger partial charge is 0.466 e. The van der Waals surface area contributed by atoms with Crippen LogP contribution in [0.25, 0.3) is 0 Å². The first-order valence-electron chi connectivity index (χ1n) is 9.55. The highest BCUT2D eigenvalue weighted by Gasteiger charge is 2.46. The summed E-state index contributed by atoms with van der Waals surface area (Å²) in [6, 6.07) is 6.34. The lowest BCUT2D eigenvalue weighted by Gasteiger charge is -2.41. The molecule has 0 aliphatic carbocycles. The SMILES string of the molecule is C=CCN1CCC[C@](C[C@@H]2CC(c3cccc(F)c3)=NO2)(C(=O)OCC)C1. The van der Waals surface area contributed by atoms with Crippen LogP contribution in [0, 0.1) is 11.2 Å². The Balaban J connectivity index is 1.72. The highest BCUT2D eigenvalue weighted by atomic mass is 19.1. The molecule has 1 aromatic carbocycles. The molecule has 2 aliphatic heterocycles. The number of piperidine rings is 1. The number of nitrogens with zero attached hydrogens (tertiary/aromatic N) is 2. The van der Waals surface area contributed by atoms with E-state index in [2.05, 4.69) is 16.6 Å². The van der Waals surface area contributed by atoms with E-state index in [4.69, 9.17) is 9.57 Å². The average Bonchev–Trinajstić information content (AvgIpc) is 3.11. The fraction of sp³-hybridized carbons (Fsp3) is 0.524. The lowest BCUT2D eigenvalue weighted by Crippen LogP contribution is -2.50. The van der Waals surface area contributed by atoms with Crippen LogP contribution in [0.15, 0.2) is 42.1 Å². The number of esters is 1. The molecule has 0 unspecified atom stereocenters. The molecular weight excluding hydrogens is 347 g/mol. The van der Waals surface area contributed by atoms with Gasteiger partial charge in [0.15, 0.2) is 0 Å². The molecule has 1 aromatic rings. The van der Waals surface area contributed by atoms with Crippen molar-refractivity contribution in [2.45, 2.75) is 38.7 Å². The molecule has 0 amide bonds. The number of hydrogen-bond donors (Lipinski definition) is 0. The summed E-state index contributed by atoms with van der Waals surface area (Å²) < 4.78 is 18.9. The van der Waals surface area contributed by atoms with E-state index in [9.17, 15) is 9.18 Å². The molecule has 0 spiro atoms. The first kappa shape index (κ1) is 19.5. The van der Waals surface area contributed by atoms with E-state index in [0.717, 1.165) is 37.2 Å². The number of carbonyl (C=O) groups is 1. The van der Waals surface area contributed by atoms with Gasteiger partial charge in [-0.05, 0) is 38.4 Å². The van der Waals surface area contributed by atoms with Gasteiger partial charge in [0, 0.05) is 31.5 Å². The summed E-state index contributed by atoms with van der Waals surface area (Å²) >= 11 is 0. The number of rotatable bonds is 7. The van der Waals surface area contributed by atoms with Gasteiger partial charge in [-0.2, -0.15) is 0 Å². The standard InChI is InChI=1S/C21H27FN2O3/c1-3-10-24-11-6-9-21(15-24,20(25)26-4-2)14-18-13-19(23-27-18)16-7-5-8-17(22)12-16/h3,5,7-8,12,18H,1,4,6,9-11,13-15H2,2H3/t18-,21+/m0/s1. The fourth-order valence-electron chi connectivity index (χ4n) is 4.08. The average molecular weight is 374 g/mol. The van der Waals surface area contributed by atoms with Gasteiger partial charge in [-0.15, -0.1) is 6.58 Å². The van der Waals surface area contributed by atoms with Crippen molar-refractivity contribution in [1.82, 2.24) is 4.90 Å². The maximum absolute atomic E-state index is 13.5. The van der Waals surface area contributed by atoms with Gasteiger partial charge in [0.1, 0.15) is 11.9 Å². The van der Waals surface area contributed by atoms with Gasteiger partial charge in [0.2, 0.25) is 0 Å². The lowest BCUT2D eigenvalue weighted by atomic mass is 9.74. The van der Waals surface area contributed by atoms with E-state index in [1.165, 1.54) is 12.1 Å². The Bertz CT molecular complexity index is 721. The highest BCUT2D eigenvalue weighted by molar-refractivity contribution is 6.01. The van der Waals surface area contributed by atoms with E-state index in [1.54, 1.807) is 6.07 Å². The smallest absolute Gasteiger partial charge is 0.313 e. The van der Waals surface area contributed by atoms with Gasteiger partial charge in [-0.25, -0.2) is 4.39 Å². The Morgan fingerprint density at radius 2 is 2.41 bits per heavy atom. The van der Waals surface area contributed by atoms with E-state index in [-0.39, 0.29) is 17.9 Å². The van der Waals surface area contributed by atoms with Gasteiger partial charge in [-0.1, -0.05) is 23.4 Å². The summed E-state index contributed by atoms with van der Waals surface area (Å²) in [6.07, 6.45) is 4.45. The minimum absolute atomic E-state index is 0.165. The zero-order chi connectivity index (χ0) is 19.3. The number of benzene rings is 1. The minimum Gasteiger partial charge on any atom is -0.466 e. The Kier molecular flexibility index (Phi) is 6.26. The van der Waals surface area contributed by atoms with Crippen LogP contribution < -0.4 is 0 Å². The number of oxime groups is 1. The second-order valence-corrected chi connectivity index (χ2v) is 7.31. The van der Waals surface area contributed by atoms with Crippen molar-refractivity contribution in [3.05, 3.63) is 48.3 Å². The highest BCUT2D eigenvalue weighted by Crippen LogP contribution is 2.39. The number of carbonyl (C=O) groups excluding carboxylic acids is 1. The second kappa shape index (κ2) is 8.65. The molecule has 0 saturated carbocycles. The van der Waals surface area contributed by atoms with Crippen molar-refractivity contribution in [3.8, 4) is 0 Å². The molecule has 6 heteroatoms. The third kappa shape index (κ3) is 4.56. The Labute approximate surface area is 159 Å². The number of hydrogen-bond acceptors (Lipinski definition) is 5. The van der Waals surface area contributed by atoms with Crippen LogP contribution in [0.4, 0.5) is 4.39 Å². The predicted molar refractivity (Wildman–Crippen MR) is 102 cm³/mol. The van der Waals surface area contributed by atoms with Crippen molar-refractivity contribution < 1.29 is 18.8 Å². The molecule has 3 rings (SSSR count). The van der Waals surface area contributed by atoms with Crippen LogP contribution in [0.5, 0.6) is 0 Å². The molecule has 5 nitrogen and oxygen atoms in total. The Hall–Kier alpha value is -2.21. The molecule has 2 aliphatic rings. The Morgan fingerprint density at radius 1 is 1.56 bits per heavy atom. The molecule has 0 bridgehead atoms. The van der Waals surface area contributed by atoms with Crippen molar-refractivity contribution >= 4 is 11.7 Å². The summed E-state index contributed by atoms with van der Waals surface area (Å²) in [4.78, 5) is 20.7. The number of likely N-dealkylation sites (tertiary alicyclic amines) is 1. The van der Waals surface area contributed by atoms with Gasteiger partial charge in [0.25, 0.3) is 0 Å². The second-order valence-electron chi connectivity index (χ2n) is 7.31. The van der Waals surface area contributed by atoms with Crippen LogP contribution in [-0.4, -0.2) is 48.9 Å². The first-order chi connectivity index (χ1) is 13.1. The van der Waals surface area contributed by atoms with Crippen LogP contribution in [0.3, 0.4) is 0 Å². The van der Waals surface area contributed by atoms with E-state index in [1.807, 2.05) is 19.1 Å². The molecule has 146 valence electrons. The summed E-state index contributed by atoms with van der Waals surface area (Å²) in [5.74, 6) is -0.462. The predicted octanol–water partition coefficient (Wildman–Crippen LogP) is 3.54. The molecule has 1 fully saturated rings. The van der Waals surface area contributed by atoms with Crippen molar-refractivity contribution in [3.63, 3.8) is 0 Å². The van der Waals surface area contributed by atoms with Crippen LogP contribution in [0.2, 0.25) is 0 Å². The van der Waals surface area contributed by atoms with Gasteiger partial charge < -0.3 is 9.57 Å². The van der Waals surface area contributed by atoms with E-state index < -0.39 is 5.41 Å². The monoisotopic (exact) mass is 374 g/mol. The lowest BCUT2D eigenvalue weighted by molar-refractivity contribution is -0.162. The van der Waals surface area contributed by atoms with Gasteiger partial charge in [0.05, 0.1) is 17.7 Å². The maximum Gasteiger partial charge on any atom is 0.313 e. The maximum atomic E-state index is 13.5. The van der Waals surface area contributed by atoms with Crippen LogP contribution in [0.1, 0.15) is 38.2 Å². The third-order valence-corrected chi connectivity index (χ3v) is 5.26. The summed E-state index contributed by atoms with van der Waals surface area (Å²) in [5, 5.41) is 4.15. The molecule has 0 N–H and O–H groups in total. The summed E-state index contributed by atoms with van der Waals surface area (Å²) in [7, 11) is 0. The summed E-state index contributed by atoms with van der Waals surface area (Å²) in [5.41, 5.74) is 0.839. The van der Waals surface area contributed by atoms with E-state index >= 15 is 0 Å². The summed E-state index contributed by atoms with van der Waals surface area (Å²) in [6.45, 7) is 8.32. The minimum atomic E-state index is -0.602. The molecule has 27 heavy (non-hydrogen) atoms. The third-order valence-electron chi connectivity index (χ3n) is 5.26. The van der Waals surface area contributed by atoms with Crippen molar-refractivity contribution in [1.29, 1.82) is 0 Å². The molecule has 0 radical (unpaired) electrons. The molecule has 0 aromatic heterocycles. The van der Waals surface area contributed by atoms with Gasteiger partial charge >= 0.3 is 5.97 Å². The van der Waals surface area contributed by atoms with Crippen molar-refractivity contribution in [2.24, 2.45) is 10.6 Å². The molecule has 2 atom stereocenters. The van der Waals surface area contributed by atoms with E-state index in [0.29, 0.717) is 26.0 Å². The number of halogens is 1. The molecule has 1 saturated heterocycles. The zero-order valence-corrected chi connectivity index (χ0v) is 15.8.